The number of thioether (sulfide) groups is 1. The number of aliphatic hydroxyl groups is 3. The van der Waals surface area contributed by atoms with Gasteiger partial charge in [0.15, 0.2) is 0 Å². The number of halogens is 1. The summed E-state index contributed by atoms with van der Waals surface area (Å²) in [7, 11) is 0. The molecule has 0 aromatic heterocycles. The fourth-order valence-corrected chi connectivity index (χ4v) is 2.98. The maximum Gasteiger partial charge on any atom is 0.136 e. The normalized spacial score (nSPS) is 36.6. The van der Waals surface area contributed by atoms with Gasteiger partial charge in [-0.25, -0.2) is 0 Å². The van der Waals surface area contributed by atoms with Gasteiger partial charge in [0, 0.05) is 9.92 Å². The molecular formula is C12H15ClO4S. The molecule has 0 bridgehead atoms. The number of hydrogen-bond donors (Lipinski definition) is 3. The second kappa shape index (κ2) is 5.77. The lowest BCUT2D eigenvalue weighted by molar-refractivity contribution is -0.192. The van der Waals surface area contributed by atoms with Gasteiger partial charge < -0.3 is 20.1 Å². The molecular weight excluding hydrogens is 276 g/mol. The van der Waals surface area contributed by atoms with E-state index < -0.39 is 29.9 Å². The zero-order valence-corrected chi connectivity index (χ0v) is 11.3. The van der Waals surface area contributed by atoms with Crippen LogP contribution in [0.5, 0.6) is 0 Å². The maximum absolute atomic E-state index is 9.86. The Balaban J connectivity index is 2.06. The molecule has 0 saturated carbocycles. The predicted octanol–water partition coefficient (Wildman–Crippen LogP) is 1.26. The Bertz CT molecular complexity index is 400. The zero-order valence-electron chi connectivity index (χ0n) is 9.73. The first kappa shape index (κ1) is 14.1. The first-order valence-corrected chi connectivity index (χ1v) is 6.86. The minimum absolute atomic E-state index is 0.520. The predicted molar refractivity (Wildman–Crippen MR) is 69.7 cm³/mol. The van der Waals surface area contributed by atoms with E-state index in [1.807, 2.05) is 12.1 Å². The van der Waals surface area contributed by atoms with Crippen LogP contribution in [0.4, 0.5) is 0 Å². The van der Waals surface area contributed by atoms with Crippen molar-refractivity contribution in [1.29, 1.82) is 0 Å². The monoisotopic (exact) mass is 290 g/mol. The van der Waals surface area contributed by atoms with E-state index in [4.69, 9.17) is 16.3 Å². The molecule has 1 fully saturated rings. The van der Waals surface area contributed by atoms with E-state index in [9.17, 15) is 15.3 Å². The smallest absolute Gasteiger partial charge is 0.136 e. The average molecular weight is 291 g/mol. The first-order chi connectivity index (χ1) is 8.49. The van der Waals surface area contributed by atoms with Crippen LogP contribution in [0.3, 0.4) is 0 Å². The number of hydrogen-bond acceptors (Lipinski definition) is 5. The Morgan fingerprint density at radius 2 is 1.67 bits per heavy atom. The minimum atomic E-state index is -1.20. The highest BCUT2D eigenvalue weighted by molar-refractivity contribution is 7.99. The lowest BCUT2D eigenvalue weighted by Gasteiger charge is -2.38. The molecule has 1 saturated heterocycles. The molecule has 100 valence electrons. The third-order valence-electron chi connectivity index (χ3n) is 2.87. The molecule has 1 aliphatic heterocycles. The van der Waals surface area contributed by atoms with Gasteiger partial charge in [0.25, 0.3) is 0 Å². The van der Waals surface area contributed by atoms with Gasteiger partial charge in [-0.2, -0.15) is 0 Å². The van der Waals surface area contributed by atoms with Gasteiger partial charge in [-0.3, -0.25) is 0 Å². The molecule has 4 nitrogen and oxygen atoms in total. The van der Waals surface area contributed by atoms with Crippen molar-refractivity contribution >= 4 is 23.4 Å². The summed E-state index contributed by atoms with van der Waals surface area (Å²) in [5.41, 5.74) is -0.612. The van der Waals surface area contributed by atoms with Gasteiger partial charge in [-0.15, -0.1) is 0 Å². The van der Waals surface area contributed by atoms with Gasteiger partial charge in [-0.05, 0) is 31.2 Å². The van der Waals surface area contributed by atoms with Crippen LogP contribution in [0.15, 0.2) is 29.2 Å². The molecule has 0 spiro atoms. The summed E-state index contributed by atoms with van der Waals surface area (Å²) in [6, 6.07) is 7.11. The maximum atomic E-state index is 9.86. The highest BCUT2D eigenvalue weighted by Crippen LogP contribution is 2.33. The van der Waals surface area contributed by atoms with Gasteiger partial charge in [0.05, 0.1) is 6.10 Å². The number of rotatable bonds is 2. The molecule has 1 aromatic carbocycles. The molecule has 6 heteroatoms. The summed E-state index contributed by atoms with van der Waals surface area (Å²) in [4.78, 5) is 0.874. The van der Waals surface area contributed by atoms with E-state index in [1.54, 1.807) is 19.1 Å². The molecule has 2 rings (SSSR count). The van der Waals surface area contributed by atoms with Crippen molar-refractivity contribution in [3.05, 3.63) is 29.3 Å². The van der Waals surface area contributed by atoms with Crippen molar-refractivity contribution in [2.45, 2.75) is 41.7 Å². The van der Waals surface area contributed by atoms with Crippen molar-refractivity contribution in [1.82, 2.24) is 0 Å². The number of benzene rings is 1. The summed E-state index contributed by atoms with van der Waals surface area (Å²) in [6.07, 6.45) is -3.91. The zero-order chi connectivity index (χ0) is 13.3. The lowest BCUT2D eigenvalue weighted by atomic mass is 10.0. The van der Waals surface area contributed by atoms with Crippen LogP contribution in [0.25, 0.3) is 0 Å². The van der Waals surface area contributed by atoms with Gasteiger partial charge in [0.1, 0.15) is 23.7 Å². The second-order valence-corrected chi connectivity index (χ2v) is 5.86. The summed E-state index contributed by atoms with van der Waals surface area (Å²) < 4.78 is 5.49. The topological polar surface area (TPSA) is 69.9 Å². The summed E-state index contributed by atoms with van der Waals surface area (Å²) >= 11 is 7.07. The van der Waals surface area contributed by atoms with E-state index >= 15 is 0 Å². The fraction of sp³-hybridized carbons (Fsp3) is 0.500. The van der Waals surface area contributed by atoms with Crippen LogP contribution in [-0.4, -0.2) is 45.2 Å². The molecule has 3 N–H and O–H groups in total. The van der Waals surface area contributed by atoms with Crippen LogP contribution in [0.2, 0.25) is 5.02 Å². The van der Waals surface area contributed by atoms with Crippen LogP contribution in [0.1, 0.15) is 6.92 Å². The Labute approximate surface area is 115 Å². The fourth-order valence-electron chi connectivity index (χ4n) is 1.76. The third-order valence-corrected chi connectivity index (χ3v) is 4.29. The van der Waals surface area contributed by atoms with Crippen molar-refractivity contribution in [3.8, 4) is 0 Å². The van der Waals surface area contributed by atoms with E-state index in [2.05, 4.69) is 0 Å². The number of ether oxygens (including phenoxy) is 1. The molecule has 1 aromatic rings. The van der Waals surface area contributed by atoms with Crippen molar-refractivity contribution in [2.75, 3.05) is 0 Å². The summed E-state index contributed by atoms with van der Waals surface area (Å²) in [6.45, 7) is 1.66. The van der Waals surface area contributed by atoms with E-state index in [0.29, 0.717) is 5.02 Å². The van der Waals surface area contributed by atoms with Crippen LogP contribution in [0, 0.1) is 0 Å². The van der Waals surface area contributed by atoms with Crippen LogP contribution >= 0.6 is 23.4 Å². The first-order valence-electron chi connectivity index (χ1n) is 5.61. The molecule has 5 atom stereocenters. The minimum Gasteiger partial charge on any atom is -0.388 e. The summed E-state index contributed by atoms with van der Waals surface area (Å²) in [5.74, 6) is 0. The quantitative estimate of drug-likeness (QED) is 0.765. The van der Waals surface area contributed by atoms with Crippen LogP contribution < -0.4 is 0 Å². The molecule has 0 amide bonds. The second-order valence-electron chi connectivity index (χ2n) is 4.25. The summed E-state index contributed by atoms with van der Waals surface area (Å²) in [5, 5.41) is 29.8. The van der Waals surface area contributed by atoms with E-state index in [0.717, 1.165) is 4.90 Å². The lowest BCUT2D eigenvalue weighted by Crippen LogP contribution is -2.55. The molecule has 0 aliphatic carbocycles. The largest absolute Gasteiger partial charge is 0.388 e. The molecule has 1 heterocycles. The van der Waals surface area contributed by atoms with Crippen molar-refractivity contribution in [3.63, 3.8) is 0 Å². The van der Waals surface area contributed by atoms with Gasteiger partial charge in [0.2, 0.25) is 0 Å². The van der Waals surface area contributed by atoms with Crippen LogP contribution in [-0.2, 0) is 4.74 Å². The van der Waals surface area contributed by atoms with Crippen molar-refractivity contribution in [2.24, 2.45) is 0 Å². The Kier molecular flexibility index (Phi) is 4.53. The highest BCUT2D eigenvalue weighted by Gasteiger charge is 2.42. The molecule has 18 heavy (non-hydrogen) atoms. The Morgan fingerprint density at radius 1 is 1.06 bits per heavy atom. The average Bonchev–Trinajstić information content (AvgIpc) is 2.36. The molecule has 0 radical (unpaired) electrons. The van der Waals surface area contributed by atoms with E-state index in [1.165, 1.54) is 11.8 Å². The number of aliphatic hydroxyl groups excluding tert-OH is 3. The molecule has 1 aliphatic rings. The third kappa shape index (κ3) is 2.99. The van der Waals surface area contributed by atoms with Gasteiger partial charge in [-0.1, -0.05) is 23.4 Å². The SMILES string of the molecule is C[C@@H]1O[C@H](Sc2ccc(Cl)cc2)[C@@H](O)[C@H](O)[C@@H]1O. The van der Waals surface area contributed by atoms with E-state index in [-0.39, 0.29) is 0 Å². The highest BCUT2D eigenvalue weighted by atomic mass is 35.5. The van der Waals surface area contributed by atoms with Gasteiger partial charge >= 0.3 is 0 Å². The Hall–Kier alpha value is -0.300. The molecule has 0 unspecified atom stereocenters. The Morgan fingerprint density at radius 3 is 2.28 bits per heavy atom. The van der Waals surface area contributed by atoms with Crippen molar-refractivity contribution < 1.29 is 20.1 Å². The standard InChI is InChI=1S/C12H15ClO4S/c1-6-9(14)10(15)11(16)12(17-6)18-8-4-2-7(13)3-5-8/h2-6,9-12,14-16H,1H3/t6-,9+,10+,11-,12+/m0/s1.